The van der Waals surface area contributed by atoms with Crippen LogP contribution < -0.4 is 15.4 Å². The van der Waals surface area contributed by atoms with Gasteiger partial charge in [-0.15, -0.1) is 0 Å². The summed E-state index contributed by atoms with van der Waals surface area (Å²) in [6, 6.07) is 17.4. The minimum absolute atomic E-state index is 0.0349. The van der Waals surface area contributed by atoms with E-state index in [1.807, 2.05) is 59.2 Å². The van der Waals surface area contributed by atoms with E-state index in [0.29, 0.717) is 13.2 Å². The highest BCUT2D eigenvalue weighted by Gasteiger charge is 2.14. The molecule has 2 aromatic carbocycles. The largest absolute Gasteiger partial charge is 0.486 e. The first-order chi connectivity index (χ1) is 13.4. The van der Waals surface area contributed by atoms with Crippen LogP contribution in [0.15, 0.2) is 54.6 Å². The third kappa shape index (κ3) is 5.57. The van der Waals surface area contributed by atoms with Gasteiger partial charge in [-0.25, -0.2) is 4.98 Å². The lowest BCUT2D eigenvalue weighted by Gasteiger charge is -2.20. The summed E-state index contributed by atoms with van der Waals surface area (Å²) >= 11 is 0. The van der Waals surface area contributed by atoms with E-state index in [1.54, 1.807) is 0 Å². The zero-order valence-corrected chi connectivity index (χ0v) is 16.7. The zero-order chi connectivity index (χ0) is 20.0. The summed E-state index contributed by atoms with van der Waals surface area (Å²) in [5, 5.41) is 6.33. The SMILES string of the molecule is CC(C)(C)NCCNC(=O)Cn1c(COc2ccccc2)nc2ccccc21. The Kier molecular flexibility index (Phi) is 6.31. The Hall–Kier alpha value is -2.86. The average Bonchev–Trinajstić information content (AvgIpc) is 3.01. The van der Waals surface area contributed by atoms with Crippen LogP contribution in [-0.2, 0) is 17.9 Å². The molecule has 6 heteroatoms. The van der Waals surface area contributed by atoms with E-state index >= 15 is 0 Å². The normalized spacial score (nSPS) is 11.5. The lowest BCUT2D eigenvalue weighted by Crippen LogP contribution is -2.41. The molecule has 0 atom stereocenters. The van der Waals surface area contributed by atoms with Gasteiger partial charge in [-0.05, 0) is 45.0 Å². The third-order valence-corrected chi connectivity index (χ3v) is 4.25. The summed E-state index contributed by atoms with van der Waals surface area (Å²) in [5.41, 5.74) is 1.82. The van der Waals surface area contributed by atoms with Crippen LogP contribution in [0.4, 0.5) is 0 Å². The first kappa shape index (κ1) is 19.9. The number of imidazole rings is 1. The Balaban J connectivity index is 1.67. The molecule has 1 amide bonds. The molecule has 0 radical (unpaired) electrons. The molecule has 3 aromatic rings. The number of amides is 1. The van der Waals surface area contributed by atoms with Crippen LogP contribution in [0.2, 0.25) is 0 Å². The fourth-order valence-electron chi connectivity index (χ4n) is 2.92. The number of rotatable bonds is 8. The molecule has 1 heterocycles. The van der Waals surface area contributed by atoms with Gasteiger partial charge in [-0.2, -0.15) is 0 Å². The second-order valence-electron chi connectivity index (χ2n) is 7.73. The number of hydrogen-bond acceptors (Lipinski definition) is 4. The van der Waals surface area contributed by atoms with Crippen LogP contribution in [0.5, 0.6) is 5.75 Å². The van der Waals surface area contributed by atoms with Gasteiger partial charge >= 0.3 is 0 Å². The van der Waals surface area contributed by atoms with Crippen molar-refractivity contribution < 1.29 is 9.53 Å². The number of fused-ring (bicyclic) bond motifs is 1. The Labute approximate surface area is 165 Å². The van der Waals surface area contributed by atoms with Crippen molar-refractivity contribution in [2.24, 2.45) is 0 Å². The van der Waals surface area contributed by atoms with Crippen molar-refractivity contribution in [2.45, 2.75) is 39.5 Å². The average molecular weight is 380 g/mol. The summed E-state index contributed by atoms with van der Waals surface area (Å²) in [7, 11) is 0. The molecule has 0 aliphatic heterocycles. The number of benzene rings is 2. The molecular weight excluding hydrogens is 352 g/mol. The fourth-order valence-corrected chi connectivity index (χ4v) is 2.92. The Morgan fingerprint density at radius 1 is 1.04 bits per heavy atom. The predicted molar refractivity (Wildman–Crippen MR) is 111 cm³/mol. The number of para-hydroxylation sites is 3. The van der Waals surface area contributed by atoms with Crippen molar-refractivity contribution in [3.8, 4) is 5.75 Å². The number of nitrogens with one attached hydrogen (secondary N) is 2. The van der Waals surface area contributed by atoms with Gasteiger partial charge in [-0.3, -0.25) is 4.79 Å². The first-order valence-corrected chi connectivity index (χ1v) is 9.56. The van der Waals surface area contributed by atoms with E-state index in [2.05, 4.69) is 36.4 Å². The molecule has 6 nitrogen and oxygen atoms in total. The Morgan fingerprint density at radius 3 is 2.50 bits per heavy atom. The van der Waals surface area contributed by atoms with Crippen LogP contribution in [0.3, 0.4) is 0 Å². The maximum absolute atomic E-state index is 12.5. The Bertz CT molecular complexity index is 913. The van der Waals surface area contributed by atoms with E-state index in [1.165, 1.54) is 0 Å². The van der Waals surface area contributed by atoms with Gasteiger partial charge in [0.2, 0.25) is 5.91 Å². The summed E-state index contributed by atoms with van der Waals surface area (Å²) < 4.78 is 7.78. The molecule has 0 aliphatic rings. The number of hydrogen-bond donors (Lipinski definition) is 2. The molecule has 2 N–H and O–H groups in total. The summed E-state index contributed by atoms with van der Waals surface area (Å²) in [6.07, 6.45) is 0. The van der Waals surface area contributed by atoms with Crippen molar-refractivity contribution in [1.29, 1.82) is 0 Å². The van der Waals surface area contributed by atoms with Gasteiger partial charge in [0.05, 0.1) is 11.0 Å². The van der Waals surface area contributed by atoms with Gasteiger partial charge in [-0.1, -0.05) is 30.3 Å². The predicted octanol–water partition coefficient (Wildman–Crippen LogP) is 3.12. The standard InChI is InChI=1S/C22H28N4O2/c1-22(2,3)24-14-13-23-21(27)15-26-19-12-8-7-11-18(19)25-20(26)16-28-17-9-5-4-6-10-17/h4-12,24H,13-16H2,1-3H3,(H,23,27). The van der Waals surface area contributed by atoms with E-state index in [4.69, 9.17) is 4.74 Å². The fraction of sp³-hybridized carbons (Fsp3) is 0.364. The van der Waals surface area contributed by atoms with Gasteiger partial charge in [0, 0.05) is 18.6 Å². The second kappa shape index (κ2) is 8.89. The van der Waals surface area contributed by atoms with Crippen LogP contribution in [-0.4, -0.2) is 34.1 Å². The quantitative estimate of drug-likeness (QED) is 0.589. The maximum Gasteiger partial charge on any atom is 0.240 e. The summed E-state index contributed by atoms with van der Waals surface area (Å²) in [4.78, 5) is 17.1. The van der Waals surface area contributed by atoms with Crippen LogP contribution in [0.1, 0.15) is 26.6 Å². The highest BCUT2D eigenvalue weighted by molar-refractivity contribution is 5.81. The molecule has 0 aliphatic carbocycles. The smallest absolute Gasteiger partial charge is 0.240 e. The van der Waals surface area contributed by atoms with Gasteiger partial charge in [0.25, 0.3) is 0 Å². The van der Waals surface area contributed by atoms with E-state index in [0.717, 1.165) is 29.2 Å². The molecular formula is C22H28N4O2. The molecule has 0 fully saturated rings. The van der Waals surface area contributed by atoms with Crippen molar-refractivity contribution in [3.05, 3.63) is 60.4 Å². The van der Waals surface area contributed by atoms with Crippen LogP contribution in [0, 0.1) is 0 Å². The molecule has 0 saturated heterocycles. The molecule has 0 saturated carbocycles. The van der Waals surface area contributed by atoms with Gasteiger partial charge in [0.15, 0.2) is 0 Å². The lowest BCUT2D eigenvalue weighted by atomic mass is 10.1. The summed E-state index contributed by atoms with van der Waals surface area (Å²) in [5.74, 6) is 1.46. The second-order valence-corrected chi connectivity index (χ2v) is 7.73. The number of nitrogens with zero attached hydrogens (tertiary/aromatic N) is 2. The van der Waals surface area contributed by atoms with E-state index in [-0.39, 0.29) is 18.0 Å². The number of ether oxygens (including phenoxy) is 1. The van der Waals surface area contributed by atoms with Crippen LogP contribution >= 0.6 is 0 Å². The minimum Gasteiger partial charge on any atom is -0.486 e. The molecule has 3 rings (SSSR count). The van der Waals surface area contributed by atoms with E-state index < -0.39 is 0 Å². The number of aromatic nitrogens is 2. The number of carbonyl (C=O) groups excluding carboxylic acids is 1. The van der Waals surface area contributed by atoms with Crippen molar-refractivity contribution in [1.82, 2.24) is 20.2 Å². The Morgan fingerprint density at radius 2 is 1.75 bits per heavy atom. The van der Waals surface area contributed by atoms with E-state index in [9.17, 15) is 4.79 Å². The molecule has 0 spiro atoms. The van der Waals surface area contributed by atoms with Crippen molar-refractivity contribution in [2.75, 3.05) is 13.1 Å². The number of carbonyl (C=O) groups is 1. The van der Waals surface area contributed by atoms with Gasteiger partial charge < -0.3 is 19.9 Å². The van der Waals surface area contributed by atoms with Crippen LogP contribution in [0.25, 0.3) is 11.0 Å². The van der Waals surface area contributed by atoms with Crippen molar-refractivity contribution >= 4 is 16.9 Å². The maximum atomic E-state index is 12.5. The molecule has 0 bridgehead atoms. The summed E-state index contributed by atoms with van der Waals surface area (Å²) in [6.45, 7) is 8.13. The first-order valence-electron chi connectivity index (χ1n) is 9.56. The lowest BCUT2D eigenvalue weighted by molar-refractivity contribution is -0.121. The van der Waals surface area contributed by atoms with Crippen molar-refractivity contribution in [3.63, 3.8) is 0 Å². The molecule has 0 unspecified atom stereocenters. The zero-order valence-electron chi connectivity index (χ0n) is 16.7. The minimum atomic E-state index is -0.0418. The third-order valence-electron chi connectivity index (χ3n) is 4.25. The molecule has 148 valence electrons. The topological polar surface area (TPSA) is 68.2 Å². The highest BCUT2D eigenvalue weighted by Crippen LogP contribution is 2.18. The molecule has 28 heavy (non-hydrogen) atoms. The highest BCUT2D eigenvalue weighted by atomic mass is 16.5. The molecule has 1 aromatic heterocycles. The monoisotopic (exact) mass is 380 g/mol. The van der Waals surface area contributed by atoms with Gasteiger partial charge in [0.1, 0.15) is 24.7 Å².